The van der Waals surface area contributed by atoms with Gasteiger partial charge in [-0.25, -0.2) is 0 Å². The van der Waals surface area contributed by atoms with Crippen molar-refractivity contribution in [3.63, 3.8) is 0 Å². The van der Waals surface area contributed by atoms with Crippen molar-refractivity contribution < 1.29 is 21.6 Å². The van der Waals surface area contributed by atoms with Gasteiger partial charge in [0.2, 0.25) is 0 Å². The second-order valence-corrected chi connectivity index (χ2v) is 11.9. The van der Waals surface area contributed by atoms with Crippen LogP contribution in [0.15, 0.2) is 22.4 Å². The normalized spacial score (nSPS) is 18.9. The summed E-state index contributed by atoms with van der Waals surface area (Å²) in [6.07, 6.45) is 0. The Bertz CT molecular complexity index is 1170. The first kappa shape index (κ1) is 24.4. The Hall–Kier alpha value is -2.28. The van der Waals surface area contributed by atoms with Crippen molar-refractivity contribution in [3.8, 4) is 0 Å². The Morgan fingerprint density at radius 3 is 2.31 bits per heavy atom. The van der Waals surface area contributed by atoms with E-state index in [1.54, 1.807) is 17.8 Å². The van der Waals surface area contributed by atoms with Gasteiger partial charge in [0.1, 0.15) is 10.7 Å². The third-order valence-electron chi connectivity index (χ3n) is 5.66. The zero-order chi connectivity index (χ0) is 24.3. The first-order valence-electron chi connectivity index (χ1n) is 9.71. The topological polar surface area (TPSA) is 99.9 Å². The van der Waals surface area contributed by atoms with E-state index in [-0.39, 0.29) is 33.4 Å². The lowest BCUT2D eigenvalue weighted by atomic mass is 9.81. The van der Waals surface area contributed by atoms with Gasteiger partial charge in [0, 0.05) is 29.6 Å². The van der Waals surface area contributed by atoms with Gasteiger partial charge in [0.25, 0.3) is 5.13 Å². The molecule has 1 N–H and O–H groups in total. The summed E-state index contributed by atoms with van der Waals surface area (Å²) >= 11 is 1.20. The number of aromatic nitrogens is 2. The van der Waals surface area contributed by atoms with E-state index in [0.29, 0.717) is 5.69 Å². The Kier molecular flexibility index (Phi) is 5.82. The molecule has 8 nitrogen and oxygen atoms in total. The number of nitrogens with one attached hydrogen (secondary N) is 1. The molecule has 1 unspecified atom stereocenters. The number of halogens is 3. The maximum absolute atomic E-state index is 13.0. The number of azo groups is 1. The third-order valence-corrected chi connectivity index (χ3v) is 7.99. The summed E-state index contributed by atoms with van der Waals surface area (Å²) in [5.41, 5.74) is -4.99. The van der Waals surface area contributed by atoms with Gasteiger partial charge in [-0.15, -0.1) is 20.4 Å². The van der Waals surface area contributed by atoms with Gasteiger partial charge >= 0.3 is 15.5 Å². The number of fused-ring (bicyclic) bond motifs is 1. The van der Waals surface area contributed by atoms with Gasteiger partial charge in [-0.1, -0.05) is 46.0 Å². The fraction of sp³-hybridized carbons (Fsp3) is 0.579. The molecule has 0 amide bonds. The molecule has 0 aliphatic carbocycles. The van der Waals surface area contributed by atoms with Crippen LogP contribution in [0, 0.1) is 0 Å². The molecule has 1 aromatic carbocycles. The number of benzene rings is 1. The van der Waals surface area contributed by atoms with Gasteiger partial charge in [-0.2, -0.15) is 21.6 Å². The molecule has 13 heteroatoms. The highest BCUT2D eigenvalue weighted by atomic mass is 32.2. The molecule has 32 heavy (non-hydrogen) atoms. The number of likely N-dealkylation sites (N-methyl/N-ethyl adjacent to an activating group) is 1. The van der Waals surface area contributed by atoms with E-state index < -0.39 is 15.5 Å². The monoisotopic (exact) mass is 490 g/mol. The average molecular weight is 491 g/mol. The minimum atomic E-state index is -5.64. The number of alkyl halides is 3. The summed E-state index contributed by atoms with van der Waals surface area (Å²) in [4.78, 5) is 1.89. The van der Waals surface area contributed by atoms with Gasteiger partial charge in [-0.05, 0) is 24.6 Å². The van der Waals surface area contributed by atoms with Crippen LogP contribution in [0.1, 0.15) is 52.1 Å². The lowest BCUT2D eigenvalue weighted by Gasteiger charge is -2.28. The first-order chi connectivity index (χ1) is 14.4. The van der Waals surface area contributed by atoms with Crippen LogP contribution < -0.4 is 9.62 Å². The highest BCUT2D eigenvalue weighted by molar-refractivity contribution is 7.93. The third kappa shape index (κ3) is 4.32. The van der Waals surface area contributed by atoms with Crippen LogP contribution in [0.5, 0.6) is 0 Å². The van der Waals surface area contributed by atoms with Crippen molar-refractivity contribution in [2.24, 2.45) is 10.2 Å². The molecule has 2 heterocycles. The fourth-order valence-corrected chi connectivity index (χ4v) is 4.62. The number of rotatable bonds is 4. The van der Waals surface area contributed by atoms with E-state index in [2.05, 4.69) is 20.4 Å². The van der Waals surface area contributed by atoms with E-state index in [0.717, 1.165) is 10.6 Å². The number of hydrogen-bond acceptors (Lipinski definition) is 8. The lowest BCUT2D eigenvalue weighted by Crippen LogP contribution is -2.36. The molecule has 0 saturated carbocycles. The van der Waals surface area contributed by atoms with Crippen molar-refractivity contribution >= 4 is 43.6 Å². The number of sulfonamides is 1. The minimum Gasteiger partial charge on any atom is -0.371 e. The molecular formula is C19H25F3N6O2S2. The van der Waals surface area contributed by atoms with Gasteiger partial charge in [-0.3, -0.25) is 4.72 Å². The standard InChI is InChI=1S/C19H25F3N6O2S2/c1-10-18(5,6)11-8-12(23-25-16-26-24-15(31-16)17(2,3)4)13(9-14(11)28(10)7)27-32(29,30)19(20,21)22/h8-10,27H,1-7H3. The molecule has 1 aliphatic heterocycles. The van der Waals surface area contributed by atoms with Gasteiger partial charge in [0.05, 0.1) is 5.69 Å². The Morgan fingerprint density at radius 1 is 1.16 bits per heavy atom. The fourth-order valence-electron chi connectivity index (χ4n) is 3.33. The van der Waals surface area contributed by atoms with Gasteiger partial charge in [0.15, 0.2) is 0 Å². The van der Waals surface area contributed by atoms with E-state index in [9.17, 15) is 21.6 Å². The second-order valence-electron chi connectivity index (χ2n) is 9.29. The Balaban J connectivity index is 2.11. The first-order valence-corrected chi connectivity index (χ1v) is 12.0. The molecular weight excluding hydrogens is 465 g/mol. The Labute approximate surface area is 189 Å². The van der Waals surface area contributed by atoms with Crippen LogP contribution in [0.2, 0.25) is 0 Å². The molecule has 1 aromatic heterocycles. The molecule has 3 rings (SSSR count). The van der Waals surface area contributed by atoms with E-state index in [4.69, 9.17) is 0 Å². The van der Waals surface area contributed by atoms with Crippen molar-refractivity contribution in [2.75, 3.05) is 16.7 Å². The molecule has 2 aromatic rings. The van der Waals surface area contributed by atoms with Crippen LogP contribution >= 0.6 is 11.3 Å². The maximum Gasteiger partial charge on any atom is 0.516 e. The van der Waals surface area contributed by atoms with E-state index in [1.807, 2.05) is 46.4 Å². The van der Waals surface area contributed by atoms with E-state index in [1.165, 1.54) is 17.4 Å². The molecule has 0 spiro atoms. The summed E-state index contributed by atoms with van der Waals surface area (Å²) in [6, 6.07) is 2.95. The average Bonchev–Trinajstić information content (AvgIpc) is 3.18. The van der Waals surface area contributed by atoms with Crippen LogP contribution in [-0.2, 0) is 20.9 Å². The second kappa shape index (κ2) is 7.65. The minimum absolute atomic E-state index is 0.0225. The van der Waals surface area contributed by atoms with Crippen LogP contribution in [0.25, 0.3) is 0 Å². The molecule has 0 bridgehead atoms. The molecule has 0 fully saturated rings. The molecule has 1 aliphatic rings. The summed E-state index contributed by atoms with van der Waals surface area (Å²) in [6.45, 7) is 11.9. The molecule has 0 saturated heterocycles. The molecule has 1 atom stereocenters. The van der Waals surface area contributed by atoms with Gasteiger partial charge < -0.3 is 4.90 Å². The summed E-state index contributed by atoms with van der Waals surface area (Å²) in [7, 11) is -3.84. The van der Waals surface area contributed by atoms with Crippen molar-refractivity contribution in [1.82, 2.24) is 10.2 Å². The zero-order valence-electron chi connectivity index (χ0n) is 18.7. The quantitative estimate of drug-likeness (QED) is 0.560. The number of nitrogens with zero attached hydrogens (tertiary/aromatic N) is 5. The smallest absolute Gasteiger partial charge is 0.371 e. The largest absolute Gasteiger partial charge is 0.516 e. The summed E-state index contributed by atoms with van der Waals surface area (Å²) in [5, 5.41) is 17.0. The van der Waals surface area contributed by atoms with Crippen LogP contribution in [0.3, 0.4) is 0 Å². The summed E-state index contributed by atoms with van der Waals surface area (Å²) in [5.74, 6) is 0. The van der Waals surface area contributed by atoms with E-state index >= 15 is 0 Å². The predicted molar refractivity (Wildman–Crippen MR) is 119 cm³/mol. The Morgan fingerprint density at radius 2 is 1.78 bits per heavy atom. The van der Waals surface area contributed by atoms with Crippen molar-refractivity contribution in [3.05, 3.63) is 22.7 Å². The molecule has 0 radical (unpaired) electrons. The predicted octanol–water partition coefficient (Wildman–Crippen LogP) is 5.63. The zero-order valence-corrected chi connectivity index (χ0v) is 20.4. The summed E-state index contributed by atoms with van der Waals surface area (Å²) < 4.78 is 64.3. The maximum atomic E-state index is 13.0. The highest BCUT2D eigenvalue weighted by Crippen LogP contribution is 2.48. The van der Waals surface area contributed by atoms with Crippen LogP contribution in [-0.4, -0.2) is 37.2 Å². The molecule has 176 valence electrons. The SMILES string of the molecule is CC1N(C)c2cc(NS(=O)(=O)C(F)(F)F)c(N=Nc3nnc(C(C)(C)C)s3)cc2C1(C)C. The lowest BCUT2D eigenvalue weighted by molar-refractivity contribution is -0.0429. The highest BCUT2D eigenvalue weighted by Gasteiger charge is 2.47. The van der Waals surface area contributed by atoms with Crippen LogP contribution in [0.4, 0.5) is 35.4 Å². The number of anilines is 2. The van der Waals surface area contributed by atoms with Crippen molar-refractivity contribution in [1.29, 1.82) is 0 Å². The number of hydrogen-bond donors (Lipinski definition) is 1. The van der Waals surface area contributed by atoms with Crippen molar-refractivity contribution in [2.45, 2.75) is 63.9 Å².